The normalized spacial score (nSPS) is 11.2. The molecule has 2 aromatic rings. The fraction of sp³-hybridized carbons (Fsp3) is 0.0667. The van der Waals surface area contributed by atoms with Crippen molar-refractivity contribution < 1.29 is 13.2 Å². The van der Waals surface area contributed by atoms with Crippen LogP contribution in [-0.4, -0.2) is 0 Å². The lowest BCUT2D eigenvalue weighted by molar-refractivity contribution is -0.137. The topological polar surface area (TPSA) is 38.0 Å². The van der Waals surface area contributed by atoms with E-state index in [1.54, 1.807) is 18.2 Å². The van der Waals surface area contributed by atoms with Crippen LogP contribution in [0.2, 0.25) is 5.02 Å². The molecule has 0 saturated heterocycles. The van der Waals surface area contributed by atoms with E-state index in [1.165, 1.54) is 12.1 Å². The Bertz CT molecular complexity index is 681. The first-order valence-electron chi connectivity index (χ1n) is 5.96. The van der Waals surface area contributed by atoms with E-state index in [1.807, 2.05) is 0 Å². The number of nitrogens with one attached hydrogen (secondary N) is 1. The van der Waals surface area contributed by atoms with Crippen LogP contribution in [0.3, 0.4) is 0 Å². The van der Waals surface area contributed by atoms with Crippen LogP contribution >= 0.6 is 11.6 Å². The predicted molar refractivity (Wildman–Crippen MR) is 80.0 cm³/mol. The zero-order valence-corrected chi connectivity index (χ0v) is 11.6. The standard InChI is InChI=1S/C15H12ClF3N2/c1-9(13-8-11(20)5-6-14(13)16)21-12-4-2-3-10(7-12)15(17,18)19/h2-8,21H,1,20H2. The van der Waals surface area contributed by atoms with Crippen LogP contribution < -0.4 is 11.1 Å². The van der Waals surface area contributed by atoms with Gasteiger partial charge >= 0.3 is 6.18 Å². The van der Waals surface area contributed by atoms with Gasteiger partial charge in [0, 0.05) is 22.6 Å². The number of benzene rings is 2. The summed E-state index contributed by atoms with van der Waals surface area (Å²) < 4.78 is 38.0. The molecule has 0 aliphatic heterocycles. The van der Waals surface area contributed by atoms with Gasteiger partial charge in [0.2, 0.25) is 0 Å². The third kappa shape index (κ3) is 3.70. The molecule has 3 N–H and O–H groups in total. The van der Waals surface area contributed by atoms with E-state index in [-0.39, 0.29) is 5.69 Å². The molecule has 2 rings (SSSR count). The lowest BCUT2D eigenvalue weighted by Crippen LogP contribution is -2.06. The first-order valence-corrected chi connectivity index (χ1v) is 6.34. The van der Waals surface area contributed by atoms with Gasteiger partial charge in [0.15, 0.2) is 0 Å². The molecule has 0 fully saturated rings. The van der Waals surface area contributed by atoms with Gasteiger partial charge < -0.3 is 11.1 Å². The second kappa shape index (κ2) is 5.69. The minimum absolute atomic E-state index is 0.272. The Hall–Kier alpha value is -2.14. The Morgan fingerprint density at radius 3 is 2.52 bits per heavy atom. The molecule has 21 heavy (non-hydrogen) atoms. The molecule has 0 spiro atoms. The number of hydrogen-bond acceptors (Lipinski definition) is 2. The second-order valence-electron chi connectivity index (χ2n) is 4.42. The Morgan fingerprint density at radius 1 is 1.14 bits per heavy atom. The van der Waals surface area contributed by atoms with Gasteiger partial charge in [-0.2, -0.15) is 13.2 Å². The Labute approximate surface area is 125 Å². The molecule has 0 unspecified atom stereocenters. The number of halogens is 4. The zero-order valence-electron chi connectivity index (χ0n) is 10.8. The fourth-order valence-electron chi connectivity index (χ4n) is 1.79. The van der Waals surface area contributed by atoms with Gasteiger partial charge in [0.25, 0.3) is 0 Å². The molecule has 0 aliphatic carbocycles. The maximum atomic E-state index is 12.7. The predicted octanol–water partition coefficient (Wildman–Crippen LogP) is 5.02. The zero-order chi connectivity index (χ0) is 15.6. The molecule has 0 aromatic heterocycles. The van der Waals surface area contributed by atoms with Gasteiger partial charge in [-0.05, 0) is 36.4 Å². The number of nitrogen functional groups attached to an aromatic ring is 1. The molecule has 6 heteroatoms. The van der Waals surface area contributed by atoms with Crippen molar-refractivity contribution in [1.29, 1.82) is 0 Å². The van der Waals surface area contributed by atoms with Crippen LogP contribution in [0.1, 0.15) is 11.1 Å². The third-order valence-electron chi connectivity index (χ3n) is 2.80. The molecule has 0 amide bonds. The maximum absolute atomic E-state index is 12.7. The number of alkyl halides is 3. The molecule has 110 valence electrons. The Balaban J connectivity index is 2.26. The SMILES string of the molecule is C=C(Nc1cccc(C(F)(F)F)c1)c1cc(N)ccc1Cl. The lowest BCUT2D eigenvalue weighted by atomic mass is 10.1. The van der Waals surface area contributed by atoms with Crippen molar-refractivity contribution in [3.8, 4) is 0 Å². The van der Waals surface area contributed by atoms with Gasteiger partial charge in [-0.1, -0.05) is 24.2 Å². The summed E-state index contributed by atoms with van der Waals surface area (Å²) in [6, 6.07) is 9.67. The Kier molecular flexibility index (Phi) is 4.14. The number of rotatable bonds is 3. The first-order chi connectivity index (χ1) is 9.77. The first kappa shape index (κ1) is 15.3. The summed E-state index contributed by atoms with van der Waals surface area (Å²) in [4.78, 5) is 0. The molecular weight excluding hydrogens is 301 g/mol. The highest BCUT2D eigenvalue weighted by Crippen LogP contribution is 2.32. The minimum Gasteiger partial charge on any atom is -0.399 e. The van der Waals surface area contributed by atoms with Crippen LogP contribution in [0.5, 0.6) is 0 Å². The highest BCUT2D eigenvalue weighted by atomic mass is 35.5. The van der Waals surface area contributed by atoms with E-state index >= 15 is 0 Å². The smallest absolute Gasteiger partial charge is 0.399 e. The van der Waals surface area contributed by atoms with E-state index in [9.17, 15) is 13.2 Å². The molecule has 0 heterocycles. The molecule has 0 atom stereocenters. The van der Waals surface area contributed by atoms with E-state index in [0.29, 0.717) is 22.0 Å². The van der Waals surface area contributed by atoms with Crippen LogP contribution in [-0.2, 0) is 6.18 Å². The minimum atomic E-state index is -4.39. The quantitative estimate of drug-likeness (QED) is 0.781. The summed E-state index contributed by atoms with van der Waals surface area (Å²) in [5.41, 5.74) is 6.59. The van der Waals surface area contributed by atoms with Crippen molar-refractivity contribution in [3.63, 3.8) is 0 Å². The van der Waals surface area contributed by atoms with E-state index in [4.69, 9.17) is 17.3 Å². The van der Waals surface area contributed by atoms with Crippen molar-refractivity contribution >= 4 is 28.7 Å². The summed E-state index contributed by atoms with van der Waals surface area (Å²) in [6.45, 7) is 3.78. The number of nitrogens with two attached hydrogens (primary N) is 1. The molecular formula is C15H12ClF3N2. The highest BCUT2D eigenvalue weighted by Gasteiger charge is 2.30. The average molecular weight is 313 g/mol. The van der Waals surface area contributed by atoms with Crippen LogP contribution in [0.15, 0.2) is 49.0 Å². The van der Waals surface area contributed by atoms with Gasteiger partial charge in [0.1, 0.15) is 0 Å². The summed E-state index contributed by atoms with van der Waals surface area (Å²) in [5, 5.41) is 3.22. The van der Waals surface area contributed by atoms with Crippen molar-refractivity contribution in [3.05, 3.63) is 65.2 Å². The van der Waals surface area contributed by atoms with Crippen molar-refractivity contribution in [2.45, 2.75) is 6.18 Å². The third-order valence-corrected chi connectivity index (χ3v) is 3.13. The van der Waals surface area contributed by atoms with Crippen LogP contribution in [0, 0.1) is 0 Å². The van der Waals surface area contributed by atoms with Crippen LogP contribution in [0.4, 0.5) is 24.5 Å². The van der Waals surface area contributed by atoms with Gasteiger partial charge in [-0.25, -0.2) is 0 Å². The van der Waals surface area contributed by atoms with Gasteiger partial charge in [-0.3, -0.25) is 0 Å². The molecule has 2 aromatic carbocycles. The number of hydrogen-bond donors (Lipinski definition) is 2. The summed E-state index contributed by atoms with van der Waals surface area (Å²) in [5.74, 6) is 0. The number of anilines is 2. The van der Waals surface area contributed by atoms with E-state index in [2.05, 4.69) is 11.9 Å². The van der Waals surface area contributed by atoms with E-state index in [0.717, 1.165) is 12.1 Å². The highest BCUT2D eigenvalue weighted by molar-refractivity contribution is 6.32. The molecule has 0 aliphatic rings. The van der Waals surface area contributed by atoms with Crippen molar-refractivity contribution in [2.24, 2.45) is 0 Å². The average Bonchev–Trinajstić information content (AvgIpc) is 2.41. The maximum Gasteiger partial charge on any atom is 0.416 e. The molecule has 2 nitrogen and oxygen atoms in total. The van der Waals surface area contributed by atoms with Crippen LogP contribution in [0.25, 0.3) is 5.70 Å². The molecule has 0 radical (unpaired) electrons. The van der Waals surface area contributed by atoms with E-state index < -0.39 is 11.7 Å². The fourth-order valence-corrected chi connectivity index (χ4v) is 2.02. The van der Waals surface area contributed by atoms with Gasteiger partial charge in [0.05, 0.1) is 10.6 Å². The summed E-state index contributed by atoms with van der Waals surface area (Å²) in [7, 11) is 0. The Morgan fingerprint density at radius 2 is 1.86 bits per heavy atom. The summed E-state index contributed by atoms with van der Waals surface area (Å²) in [6.07, 6.45) is -4.39. The summed E-state index contributed by atoms with van der Waals surface area (Å²) >= 11 is 6.02. The molecule has 0 saturated carbocycles. The monoisotopic (exact) mass is 312 g/mol. The van der Waals surface area contributed by atoms with Crippen molar-refractivity contribution in [2.75, 3.05) is 11.1 Å². The molecule has 0 bridgehead atoms. The van der Waals surface area contributed by atoms with Crippen molar-refractivity contribution in [1.82, 2.24) is 0 Å². The van der Waals surface area contributed by atoms with Gasteiger partial charge in [-0.15, -0.1) is 0 Å². The lowest BCUT2D eigenvalue weighted by Gasteiger charge is -2.14. The second-order valence-corrected chi connectivity index (χ2v) is 4.83. The largest absolute Gasteiger partial charge is 0.416 e.